The molecule has 0 bridgehead atoms. The normalized spacial score (nSPS) is 10.5. The quantitative estimate of drug-likeness (QED) is 0.769. The number of carbonyl (C=O) groups is 1. The number of aromatic nitrogens is 1. The van der Waals surface area contributed by atoms with Crippen molar-refractivity contribution in [1.29, 1.82) is 0 Å². The van der Waals surface area contributed by atoms with Crippen molar-refractivity contribution in [1.82, 2.24) is 4.98 Å². The van der Waals surface area contributed by atoms with Crippen molar-refractivity contribution < 1.29 is 9.53 Å². The SMILES string of the molecule is O=C(COc1ccc2[nH]ccc2c1)Nc1ccccc1Cl. The first kappa shape index (κ1) is 13.5. The molecule has 3 aromatic rings. The highest BCUT2D eigenvalue weighted by molar-refractivity contribution is 6.33. The van der Waals surface area contributed by atoms with E-state index in [1.807, 2.05) is 36.5 Å². The minimum Gasteiger partial charge on any atom is -0.484 e. The van der Waals surface area contributed by atoms with Crippen LogP contribution in [0.4, 0.5) is 5.69 Å². The fraction of sp³-hybridized carbons (Fsp3) is 0.0625. The van der Waals surface area contributed by atoms with E-state index in [9.17, 15) is 4.79 Å². The minimum absolute atomic E-state index is 0.0683. The number of fused-ring (bicyclic) bond motifs is 1. The molecular weight excluding hydrogens is 288 g/mol. The number of rotatable bonds is 4. The molecule has 0 aliphatic rings. The van der Waals surface area contributed by atoms with Crippen LogP contribution in [0, 0.1) is 0 Å². The maximum Gasteiger partial charge on any atom is 0.262 e. The largest absolute Gasteiger partial charge is 0.484 e. The summed E-state index contributed by atoms with van der Waals surface area (Å²) in [5.41, 5.74) is 1.61. The molecule has 1 aromatic heterocycles. The van der Waals surface area contributed by atoms with Crippen LogP contribution in [0.5, 0.6) is 5.75 Å². The summed E-state index contributed by atoms with van der Waals surface area (Å²) in [5.74, 6) is 0.397. The maximum absolute atomic E-state index is 11.9. The fourth-order valence-electron chi connectivity index (χ4n) is 2.02. The number of benzene rings is 2. The van der Waals surface area contributed by atoms with Crippen molar-refractivity contribution in [2.24, 2.45) is 0 Å². The van der Waals surface area contributed by atoms with E-state index in [1.54, 1.807) is 18.2 Å². The highest BCUT2D eigenvalue weighted by atomic mass is 35.5. The predicted octanol–water partition coefficient (Wildman–Crippen LogP) is 3.84. The lowest BCUT2D eigenvalue weighted by atomic mass is 10.2. The summed E-state index contributed by atoms with van der Waals surface area (Å²) < 4.78 is 5.49. The van der Waals surface area contributed by atoms with Gasteiger partial charge in [0, 0.05) is 17.1 Å². The van der Waals surface area contributed by atoms with E-state index in [4.69, 9.17) is 16.3 Å². The Labute approximate surface area is 126 Å². The van der Waals surface area contributed by atoms with Gasteiger partial charge < -0.3 is 15.0 Å². The molecule has 3 rings (SSSR count). The van der Waals surface area contributed by atoms with Gasteiger partial charge in [-0.05, 0) is 36.4 Å². The molecule has 1 heterocycles. The van der Waals surface area contributed by atoms with Crippen LogP contribution in [0.25, 0.3) is 10.9 Å². The summed E-state index contributed by atoms with van der Waals surface area (Å²) in [7, 11) is 0. The molecule has 4 nitrogen and oxygen atoms in total. The fourth-order valence-corrected chi connectivity index (χ4v) is 2.20. The molecule has 0 spiro atoms. The van der Waals surface area contributed by atoms with Gasteiger partial charge in [-0.1, -0.05) is 23.7 Å². The van der Waals surface area contributed by atoms with Gasteiger partial charge in [0.05, 0.1) is 10.7 Å². The highest BCUT2D eigenvalue weighted by Gasteiger charge is 2.06. The van der Waals surface area contributed by atoms with E-state index in [0.717, 1.165) is 10.9 Å². The number of anilines is 1. The molecule has 0 aliphatic carbocycles. The Morgan fingerprint density at radius 3 is 2.90 bits per heavy atom. The van der Waals surface area contributed by atoms with Crippen molar-refractivity contribution in [3.63, 3.8) is 0 Å². The van der Waals surface area contributed by atoms with Gasteiger partial charge in [-0.15, -0.1) is 0 Å². The van der Waals surface area contributed by atoms with E-state index in [-0.39, 0.29) is 12.5 Å². The number of nitrogens with one attached hydrogen (secondary N) is 2. The zero-order valence-electron chi connectivity index (χ0n) is 11.1. The number of hydrogen-bond acceptors (Lipinski definition) is 2. The molecule has 0 saturated carbocycles. The van der Waals surface area contributed by atoms with Crippen LogP contribution in [0.15, 0.2) is 54.7 Å². The number of carbonyl (C=O) groups excluding carboxylic acids is 1. The van der Waals surface area contributed by atoms with Crippen molar-refractivity contribution >= 4 is 34.1 Å². The number of aromatic amines is 1. The van der Waals surface area contributed by atoms with Crippen LogP contribution in [-0.2, 0) is 4.79 Å². The Balaban J connectivity index is 1.61. The van der Waals surface area contributed by atoms with Crippen molar-refractivity contribution in [2.75, 3.05) is 11.9 Å². The number of ether oxygens (including phenoxy) is 1. The minimum atomic E-state index is -0.253. The lowest BCUT2D eigenvalue weighted by Gasteiger charge is -2.08. The third kappa shape index (κ3) is 3.17. The van der Waals surface area contributed by atoms with Gasteiger partial charge in [-0.25, -0.2) is 0 Å². The van der Waals surface area contributed by atoms with Gasteiger partial charge in [0.15, 0.2) is 6.61 Å². The Hall–Kier alpha value is -2.46. The molecule has 0 unspecified atom stereocenters. The van der Waals surface area contributed by atoms with Crippen LogP contribution in [-0.4, -0.2) is 17.5 Å². The second-order valence-corrected chi connectivity index (χ2v) is 4.95. The summed E-state index contributed by atoms with van der Waals surface area (Å²) >= 11 is 5.98. The highest BCUT2D eigenvalue weighted by Crippen LogP contribution is 2.21. The molecule has 21 heavy (non-hydrogen) atoms. The molecule has 0 saturated heterocycles. The Bertz CT molecular complexity index is 783. The van der Waals surface area contributed by atoms with Crippen LogP contribution < -0.4 is 10.1 Å². The van der Waals surface area contributed by atoms with E-state index in [0.29, 0.717) is 16.5 Å². The number of hydrogen-bond donors (Lipinski definition) is 2. The first-order valence-electron chi connectivity index (χ1n) is 6.47. The summed E-state index contributed by atoms with van der Waals surface area (Å²) in [6.45, 7) is -0.0683. The second-order valence-electron chi connectivity index (χ2n) is 4.54. The van der Waals surface area contributed by atoms with Gasteiger partial charge in [-0.3, -0.25) is 4.79 Å². The molecule has 0 radical (unpaired) electrons. The molecule has 1 amide bonds. The number of H-pyrrole nitrogens is 1. The molecule has 2 N–H and O–H groups in total. The summed E-state index contributed by atoms with van der Waals surface area (Å²) in [6.07, 6.45) is 1.86. The van der Waals surface area contributed by atoms with Gasteiger partial charge in [0.1, 0.15) is 5.75 Å². The molecule has 106 valence electrons. The van der Waals surface area contributed by atoms with Gasteiger partial charge in [0.2, 0.25) is 0 Å². The Morgan fingerprint density at radius 1 is 1.19 bits per heavy atom. The lowest BCUT2D eigenvalue weighted by Crippen LogP contribution is -2.20. The third-order valence-electron chi connectivity index (χ3n) is 3.04. The average Bonchev–Trinajstić information content (AvgIpc) is 2.95. The van der Waals surface area contributed by atoms with E-state index < -0.39 is 0 Å². The average molecular weight is 301 g/mol. The number of amides is 1. The van der Waals surface area contributed by atoms with E-state index >= 15 is 0 Å². The van der Waals surface area contributed by atoms with Crippen LogP contribution in [0.3, 0.4) is 0 Å². The molecule has 0 atom stereocenters. The third-order valence-corrected chi connectivity index (χ3v) is 3.37. The lowest BCUT2D eigenvalue weighted by molar-refractivity contribution is -0.118. The van der Waals surface area contributed by atoms with Crippen molar-refractivity contribution in [2.45, 2.75) is 0 Å². The second kappa shape index (κ2) is 5.89. The van der Waals surface area contributed by atoms with Crippen molar-refractivity contribution in [3.05, 3.63) is 59.8 Å². The smallest absolute Gasteiger partial charge is 0.262 e. The van der Waals surface area contributed by atoms with Crippen LogP contribution in [0.2, 0.25) is 5.02 Å². The van der Waals surface area contributed by atoms with Gasteiger partial charge in [0.25, 0.3) is 5.91 Å². The molecule has 2 aromatic carbocycles. The molecule has 0 aliphatic heterocycles. The topological polar surface area (TPSA) is 54.1 Å². The Kier molecular flexibility index (Phi) is 3.79. The predicted molar refractivity (Wildman–Crippen MR) is 83.9 cm³/mol. The van der Waals surface area contributed by atoms with Crippen LogP contribution >= 0.6 is 11.6 Å². The van der Waals surface area contributed by atoms with Gasteiger partial charge in [-0.2, -0.15) is 0 Å². The molecule has 5 heteroatoms. The van der Waals surface area contributed by atoms with Crippen LogP contribution in [0.1, 0.15) is 0 Å². The monoisotopic (exact) mass is 300 g/mol. The van der Waals surface area contributed by atoms with E-state index in [2.05, 4.69) is 10.3 Å². The zero-order valence-corrected chi connectivity index (χ0v) is 11.9. The summed E-state index contributed by atoms with van der Waals surface area (Å²) in [4.78, 5) is 15.0. The zero-order chi connectivity index (χ0) is 14.7. The summed E-state index contributed by atoms with van der Waals surface area (Å²) in [5, 5.41) is 4.25. The summed E-state index contributed by atoms with van der Waals surface area (Å²) in [6, 6.07) is 14.6. The number of halogens is 1. The molecular formula is C16H13ClN2O2. The standard InChI is InChI=1S/C16H13ClN2O2/c17-13-3-1-2-4-15(13)19-16(20)10-21-12-5-6-14-11(9-12)7-8-18-14/h1-9,18H,10H2,(H,19,20). The van der Waals surface area contributed by atoms with Crippen molar-refractivity contribution in [3.8, 4) is 5.75 Å². The Morgan fingerprint density at radius 2 is 2.05 bits per heavy atom. The van der Waals surface area contributed by atoms with E-state index in [1.165, 1.54) is 0 Å². The number of para-hydroxylation sites is 1. The van der Waals surface area contributed by atoms with Gasteiger partial charge >= 0.3 is 0 Å². The first-order chi connectivity index (χ1) is 10.2. The first-order valence-corrected chi connectivity index (χ1v) is 6.84. The maximum atomic E-state index is 11.9. The molecule has 0 fully saturated rings.